The van der Waals surface area contributed by atoms with Crippen molar-refractivity contribution in [3.63, 3.8) is 0 Å². The Bertz CT molecular complexity index is 399. The zero-order chi connectivity index (χ0) is 13.7. The van der Waals surface area contributed by atoms with Crippen LogP contribution in [0.5, 0.6) is 0 Å². The number of methoxy groups -OCH3 is 1. The summed E-state index contributed by atoms with van der Waals surface area (Å²) in [7, 11) is 2.32. The van der Waals surface area contributed by atoms with Crippen molar-refractivity contribution >= 4 is 22.8 Å². The van der Waals surface area contributed by atoms with Gasteiger partial charge in [0, 0.05) is 24.5 Å². The first kappa shape index (κ1) is 14.7. The van der Waals surface area contributed by atoms with Crippen LogP contribution in [0.4, 0.5) is 0 Å². The van der Waals surface area contributed by atoms with Crippen LogP contribution in [0.2, 0.25) is 0 Å². The number of aliphatic hydroxyl groups is 1. The van der Waals surface area contributed by atoms with Crippen molar-refractivity contribution in [2.24, 2.45) is 11.8 Å². The number of esters is 1. The predicted octanol–water partition coefficient (Wildman–Crippen LogP) is 1.01. The second-order valence-corrected chi connectivity index (χ2v) is 4.12. The molecule has 0 aromatic carbocycles. The van der Waals surface area contributed by atoms with Crippen molar-refractivity contribution in [1.82, 2.24) is 0 Å². The van der Waals surface area contributed by atoms with Gasteiger partial charge < -0.3 is 14.6 Å². The van der Waals surface area contributed by atoms with Crippen molar-refractivity contribution < 1.29 is 24.2 Å². The smallest absolute Gasteiger partial charge is 0.337 e. The fraction of sp³-hybridized carbons (Fsp3) is 0.500. The molecule has 0 radical (unpaired) electrons. The summed E-state index contributed by atoms with van der Waals surface area (Å²) < 4.78 is 9.85. The molecule has 0 saturated carbocycles. The first-order valence-electron chi connectivity index (χ1n) is 5.39. The van der Waals surface area contributed by atoms with E-state index in [-0.39, 0.29) is 11.8 Å². The number of aliphatic hydroxyl groups excluding tert-OH is 1. The predicted molar refractivity (Wildman–Crippen MR) is 64.7 cm³/mol. The van der Waals surface area contributed by atoms with E-state index in [4.69, 9.17) is 21.4 Å². The third kappa shape index (κ3) is 2.73. The third-order valence-corrected chi connectivity index (χ3v) is 3.23. The van der Waals surface area contributed by atoms with Crippen LogP contribution in [0.3, 0.4) is 0 Å². The number of allylic oxidation sites excluding steroid dienone is 1. The number of hydrogen-bond donors (Lipinski definition) is 1. The maximum Gasteiger partial charge on any atom is 0.337 e. The Morgan fingerprint density at radius 2 is 2.06 bits per heavy atom. The molecular formula is C12H15ClO5. The van der Waals surface area contributed by atoms with Crippen molar-refractivity contribution in [2.75, 3.05) is 20.8 Å². The summed E-state index contributed by atoms with van der Waals surface area (Å²) >= 11 is 5.47. The summed E-state index contributed by atoms with van der Waals surface area (Å²) in [5, 5.41) is 6.53. The molecule has 1 N–H and O–H groups in total. The number of halogens is 1. The Morgan fingerprint density at radius 1 is 1.39 bits per heavy atom. The minimum Gasteiger partial charge on any atom is -0.500 e. The van der Waals surface area contributed by atoms with Crippen molar-refractivity contribution in [1.29, 1.82) is 0 Å². The minimum atomic E-state index is -0.470. The fourth-order valence-electron chi connectivity index (χ4n) is 2.21. The molecule has 0 saturated heterocycles. The largest absolute Gasteiger partial charge is 0.500 e. The molecule has 0 bridgehead atoms. The summed E-state index contributed by atoms with van der Waals surface area (Å²) in [5.41, 5.74) is 1.02. The molecule has 2 unspecified atom stereocenters. The first-order chi connectivity index (χ1) is 8.65. The van der Waals surface area contributed by atoms with Gasteiger partial charge in [0.05, 0.1) is 25.6 Å². The third-order valence-electron chi connectivity index (χ3n) is 3.01. The molecule has 0 amide bonds. The van der Waals surface area contributed by atoms with E-state index < -0.39 is 11.2 Å². The van der Waals surface area contributed by atoms with Crippen molar-refractivity contribution in [3.05, 3.63) is 23.5 Å². The monoisotopic (exact) mass is 274 g/mol. The Kier molecular flexibility index (Phi) is 5.37. The molecule has 0 spiro atoms. The molecule has 18 heavy (non-hydrogen) atoms. The lowest BCUT2D eigenvalue weighted by Gasteiger charge is -2.26. The molecule has 6 heteroatoms. The van der Waals surface area contributed by atoms with E-state index in [1.54, 1.807) is 6.08 Å². The lowest BCUT2D eigenvalue weighted by molar-refractivity contribution is -0.137. The van der Waals surface area contributed by atoms with E-state index in [9.17, 15) is 9.59 Å². The van der Waals surface area contributed by atoms with Crippen molar-refractivity contribution in [2.45, 2.75) is 6.42 Å². The van der Waals surface area contributed by atoms with Gasteiger partial charge >= 0.3 is 5.97 Å². The molecule has 5 nitrogen and oxygen atoms in total. The SMILES string of the molecule is CO.COC(=O)C1=COCC2C(C(=O)Cl)=CCC12. The van der Waals surface area contributed by atoms with Gasteiger partial charge in [-0.25, -0.2) is 4.79 Å². The second-order valence-electron chi connectivity index (χ2n) is 3.78. The summed E-state index contributed by atoms with van der Waals surface area (Å²) in [6, 6.07) is 0. The number of fused-ring (bicyclic) bond motifs is 1. The van der Waals surface area contributed by atoms with E-state index in [0.717, 1.165) is 7.11 Å². The molecule has 1 heterocycles. The summed E-state index contributed by atoms with van der Waals surface area (Å²) in [4.78, 5) is 22.6. The van der Waals surface area contributed by atoms with E-state index in [1.165, 1.54) is 13.4 Å². The zero-order valence-electron chi connectivity index (χ0n) is 10.2. The Balaban J connectivity index is 0.000000771. The lowest BCUT2D eigenvalue weighted by atomic mass is 9.85. The van der Waals surface area contributed by atoms with Crippen LogP contribution in [-0.2, 0) is 19.1 Å². The van der Waals surface area contributed by atoms with Crippen LogP contribution in [0.25, 0.3) is 0 Å². The Labute approximate surface area is 110 Å². The normalized spacial score (nSPS) is 24.7. The number of carbonyl (C=O) groups is 2. The Morgan fingerprint density at radius 3 is 2.61 bits per heavy atom. The van der Waals surface area contributed by atoms with Gasteiger partial charge in [-0.15, -0.1) is 0 Å². The van der Waals surface area contributed by atoms with Crippen LogP contribution in [0, 0.1) is 11.8 Å². The molecule has 100 valence electrons. The van der Waals surface area contributed by atoms with E-state index in [0.29, 0.717) is 24.2 Å². The van der Waals surface area contributed by atoms with Gasteiger partial charge in [0.25, 0.3) is 0 Å². The molecule has 0 fully saturated rings. The summed E-state index contributed by atoms with van der Waals surface area (Å²) in [6.45, 7) is 0.384. The maximum atomic E-state index is 11.5. The number of ether oxygens (including phenoxy) is 2. The first-order valence-corrected chi connectivity index (χ1v) is 5.77. The minimum absolute atomic E-state index is 0.0427. The topological polar surface area (TPSA) is 72.8 Å². The highest BCUT2D eigenvalue weighted by Gasteiger charge is 2.40. The van der Waals surface area contributed by atoms with Gasteiger partial charge in [-0.2, -0.15) is 0 Å². The molecule has 2 aliphatic rings. The summed E-state index contributed by atoms with van der Waals surface area (Å²) in [5.74, 6) is -0.575. The van der Waals surface area contributed by atoms with Gasteiger partial charge in [0.2, 0.25) is 5.24 Å². The van der Waals surface area contributed by atoms with Gasteiger partial charge in [0.1, 0.15) is 0 Å². The quantitative estimate of drug-likeness (QED) is 0.601. The van der Waals surface area contributed by atoms with Gasteiger partial charge in [-0.05, 0) is 18.0 Å². The zero-order valence-corrected chi connectivity index (χ0v) is 10.9. The number of hydrogen-bond acceptors (Lipinski definition) is 5. The van der Waals surface area contributed by atoms with Crippen LogP contribution in [-0.4, -0.2) is 37.1 Å². The lowest BCUT2D eigenvalue weighted by Crippen LogP contribution is -2.28. The van der Waals surface area contributed by atoms with E-state index in [1.807, 2.05) is 0 Å². The molecule has 2 rings (SSSR count). The highest BCUT2D eigenvalue weighted by Crippen LogP contribution is 2.40. The Hall–Kier alpha value is -1.33. The fourth-order valence-corrected chi connectivity index (χ4v) is 2.43. The average Bonchev–Trinajstić information content (AvgIpc) is 2.84. The van der Waals surface area contributed by atoms with Gasteiger partial charge in [0.15, 0.2) is 0 Å². The molecule has 0 aromatic rings. The van der Waals surface area contributed by atoms with Crippen LogP contribution in [0.15, 0.2) is 23.5 Å². The second kappa shape index (κ2) is 6.56. The van der Waals surface area contributed by atoms with Gasteiger partial charge in [-0.1, -0.05) is 6.08 Å². The van der Waals surface area contributed by atoms with Crippen LogP contribution < -0.4 is 0 Å². The van der Waals surface area contributed by atoms with Gasteiger partial charge in [-0.3, -0.25) is 4.79 Å². The van der Waals surface area contributed by atoms with Crippen LogP contribution in [0.1, 0.15) is 6.42 Å². The number of carbonyl (C=O) groups excluding carboxylic acids is 2. The van der Waals surface area contributed by atoms with Crippen LogP contribution >= 0.6 is 11.6 Å². The standard InChI is InChI=1S/C11H11ClO4.CH4O/c1-15-11(14)9-5-16-4-8-6(9)2-3-7(8)10(12)13;1-2/h3,5-6,8H,2,4H2,1H3;2H,1H3. The molecular weight excluding hydrogens is 260 g/mol. The highest BCUT2D eigenvalue weighted by atomic mass is 35.5. The highest BCUT2D eigenvalue weighted by molar-refractivity contribution is 6.67. The molecule has 2 atom stereocenters. The molecule has 0 aromatic heterocycles. The van der Waals surface area contributed by atoms with Crippen molar-refractivity contribution in [3.8, 4) is 0 Å². The van der Waals surface area contributed by atoms with E-state index in [2.05, 4.69) is 4.74 Å². The van der Waals surface area contributed by atoms with E-state index >= 15 is 0 Å². The average molecular weight is 275 g/mol. The molecule has 1 aliphatic carbocycles. The molecule has 1 aliphatic heterocycles. The maximum absolute atomic E-state index is 11.5. The number of rotatable bonds is 2. The summed E-state index contributed by atoms with van der Waals surface area (Å²) in [6.07, 6.45) is 3.82.